The summed E-state index contributed by atoms with van der Waals surface area (Å²) in [5, 5.41) is 14.4. The van der Waals surface area contributed by atoms with Gasteiger partial charge in [-0.1, -0.05) is 12.1 Å². The fourth-order valence-corrected chi connectivity index (χ4v) is 4.33. The molecule has 3 rings (SSSR count). The average Bonchev–Trinajstić information content (AvgIpc) is 2.71. The lowest BCUT2D eigenvalue weighted by atomic mass is 10.1. The van der Waals surface area contributed by atoms with Crippen LogP contribution in [-0.2, 0) is 4.79 Å². The maximum Gasteiger partial charge on any atom is 0.318 e. The maximum absolute atomic E-state index is 14.7. The van der Waals surface area contributed by atoms with E-state index in [1.165, 1.54) is 12.0 Å². The van der Waals surface area contributed by atoms with Gasteiger partial charge >= 0.3 is 6.03 Å². The molecule has 0 radical (unpaired) electrons. The summed E-state index contributed by atoms with van der Waals surface area (Å²) in [4.78, 5) is 27.1. The van der Waals surface area contributed by atoms with Crippen LogP contribution in [-0.4, -0.2) is 67.0 Å². The van der Waals surface area contributed by atoms with Crippen LogP contribution in [0.1, 0.15) is 11.6 Å². The molecule has 10 heteroatoms. The summed E-state index contributed by atoms with van der Waals surface area (Å²) in [7, 11) is -0.0197. The molecule has 2 aromatic carbocycles. The molecule has 1 fully saturated rings. The van der Waals surface area contributed by atoms with Gasteiger partial charge in [-0.3, -0.25) is 4.79 Å². The Morgan fingerprint density at radius 3 is 2.28 bits per heavy atom. The van der Waals surface area contributed by atoms with Gasteiger partial charge in [0.25, 0.3) is 5.91 Å². The smallest absolute Gasteiger partial charge is 0.318 e. The van der Waals surface area contributed by atoms with Crippen LogP contribution in [0, 0.1) is 11.6 Å². The van der Waals surface area contributed by atoms with Crippen LogP contribution in [0.25, 0.3) is 0 Å². The van der Waals surface area contributed by atoms with Gasteiger partial charge in [0.2, 0.25) is 0 Å². The van der Waals surface area contributed by atoms with Crippen LogP contribution in [0.4, 0.5) is 19.3 Å². The van der Waals surface area contributed by atoms with Crippen LogP contribution < -0.4 is 15.4 Å². The fraction of sp³-hybridized carbons (Fsp3) is 0.364. The van der Waals surface area contributed by atoms with Crippen molar-refractivity contribution in [2.24, 2.45) is 0 Å². The number of carbonyl (C=O) groups excluding carboxylic acids is 2. The minimum Gasteiger partial charge on any atom is -0.497 e. The third kappa shape index (κ3) is 5.31. The number of benzene rings is 2. The summed E-state index contributed by atoms with van der Waals surface area (Å²) in [6.45, 7) is 0.304. The fourth-order valence-electron chi connectivity index (χ4n) is 3.23. The largest absolute Gasteiger partial charge is 0.497 e. The standard InChI is InChI=1S/C22H27F2N3O4S/c1-31-15-7-5-13(6-8-15)20(26-22(30)27-11-14(28)12-27)21(29)25-18-9-17(24)19(10-16(18)23)32(2,3)4/h5-10,14,20,28H,11-12H2,1-4H3,(H,25,29)(H,26,30). The second-order valence-electron chi connectivity index (χ2n) is 8.30. The van der Waals surface area contributed by atoms with Crippen molar-refractivity contribution in [3.63, 3.8) is 0 Å². The van der Waals surface area contributed by atoms with Gasteiger partial charge in [-0.2, -0.15) is 0 Å². The lowest BCUT2D eigenvalue weighted by molar-refractivity contribution is -0.118. The van der Waals surface area contributed by atoms with Crippen LogP contribution in [0.3, 0.4) is 0 Å². The van der Waals surface area contributed by atoms with Crippen molar-refractivity contribution in [3.8, 4) is 5.75 Å². The predicted octanol–water partition coefficient (Wildman–Crippen LogP) is 3.09. The van der Waals surface area contributed by atoms with Gasteiger partial charge in [0.05, 0.1) is 32.0 Å². The predicted molar refractivity (Wildman–Crippen MR) is 120 cm³/mol. The lowest BCUT2D eigenvalue weighted by Crippen LogP contribution is -2.57. The van der Waals surface area contributed by atoms with E-state index in [1.807, 2.05) is 18.8 Å². The van der Waals surface area contributed by atoms with Gasteiger partial charge in [-0.25, -0.2) is 23.6 Å². The van der Waals surface area contributed by atoms with Crippen molar-refractivity contribution in [1.29, 1.82) is 0 Å². The quantitative estimate of drug-likeness (QED) is 0.609. The molecule has 0 spiro atoms. The third-order valence-electron chi connectivity index (χ3n) is 5.07. The number of ether oxygens (including phenoxy) is 1. The Hall–Kier alpha value is -2.85. The number of halogens is 2. The summed E-state index contributed by atoms with van der Waals surface area (Å²) in [5.74, 6) is -1.55. The number of aliphatic hydroxyl groups is 1. The van der Waals surface area contributed by atoms with E-state index in [0.29, 0.717) is 11.3 Å². The SMILES string of the molecule is COc1ccc(C(NC(=O)N2CC(O)C2)C(=O)Nc2cc(F)c(S(C)(C)C)cc2F)cc1. The van der Waals surface area contributed by atoms with Gasteiger partial charge in [-0.05, 0) is 42.5 Å². The zero-order valence-electron chi connectivity index (χ0n) is 18.3. The van der Waals surface area contributed by atoms with Crippen LogP contribution in [0.5, 0.6) is 5.75 Å². The molecule has 3 N–H and O–H groups in total. The second-order valence-corrected chi connectivity index (χ2v) is 12.4. The number of anilines is 1. The van der Waals surface area contributed by atoms with Crippen molar-refractivity contribution >= 4 is 27.7 Å². The molecule has 3 amide bonds. The van der Waals surface area contributed by atoms with Gasteiger partial charge in [0.15, 0.2) is 0 Å². The van der Waals surface area contributed by atoms with E-state index in [9.17, 15) is 23.5 Å². The molecule has 0 aromatic heterocycles. The molecule has 1 atom stereocenters. The average molecular weight is 468 g/mol. The van der Waals surface area contributed by atoms with Crippen molar-refractivity contribution in [1.82, 2.24) is 10.2 Å². The highest BCUT2D eigenvalue weighted by molar-refractivity contribution is 8.32. The van der Waals surface area contributed by atoms with Crippen LogP contribution in [0.2, 0.25) is 0 Å². The third-order valence-corrected chi connectivity index (χ3v) is 6.70. The number of methoxy groups -OCH3 is 1. The second kappa shape index (κ2) is 9.33. The van der Waals surface area contributed by atoms with E-state index in [-0.39, 0.29) is 23.7 Å². The summed E-state index contributed by atoms with van der Waals surface area (Å²) in [5.41, 5.74) is 0.112. The number of rotatable bonds is 6. The normalized spacial score (nSPS) is 15.5. The number of amides is 3. The Labute approximate surface area is 187 Å². The molecule has 32 heavy (non-hydrogen) atoms. The number of β-amino-alcohol motifs (C(OH)–C–C–N with tert-alkyl or cyclic N) is 1. The van der Waals surface area contributed by atoms with E-state index in [1.54, 1.807) is 24.3 Å². The molecule has 7 nitrogen and oxygen atoms in total. The first kappa shape index (κ1) is 23.8. The number of likely N-dealkylation sites (tertiary alicyclic amines) is 1. The molecular formula is C22H27F2N3O4S. The Morgan fingerprint density at radius 2 is 1.75 bits per heavy atom. The highest BCUT2D eigenvalue weighted by atomic mass is 32.3. The molecule has 2 aromatic rings. The highest BCUT2D eigenvalue weighted by Gasteiger charge is 2.32. The Morgan fingerprint density at radius 1 is 1.12 bits per heavy atom. The van der Waals surface area contributed by atoms with Crippen molar-refractivity contribution < 1.29 is 28.2 Å². The molecule has 1 aliphatic heterocycles. The zero-order valence-corrected chi connectivity index (χ0v) is 19.1. The van der Waals surface area contributed by atoms with Crippen LogP contribution in [0.15, 0.2) is 41.3 Å². The van der Waals surface area contributed by atoms with E-state index in [0.717, 1.165) is 12.1 Å². The summed E-state index contributed by atoms with van der Waals surface area (Å²) in [6.07, 6.45) is 4.91. The lowest BCUT2D eigenvalue weighted by Gasteiger charge is -2.36. The van der Waals surface area contributed by atoms with Gasteiger partial charge in [0.1, 0.15) is 23.4 Å². The molecule has 1 saturated heterocycles. The Balaban J connectivity index is 1.86. The number of hydrogen-bond acceptors (Lipinski definition) is 4. The molecule has 0 aliphatic carbocycles. The van der Waals surface area contributed by atoms with Gasteiger partial charge in [-0.15, -0.1) is 0 Å². The number of aliphatic hydroxyl groups excluding tert-OH is 1. The first-order valence-electron chi connectivity index (χ1n) is 9.85. The summed E-state index contributed by atoms with van der Waals surface area (Å²) in [6, 6.07) is 6.76. The number of nitrogens with one attached hydrogen (secondary N) is 2. The Bertz CT molecular complexity index is 1010. The number of urea groups is 1. The van der Waals surface area contributed by atoms with Crippen LogP contribution >= 0.6 is 10.0 Å². The van der Waals surface area contributed by atoms with E-state index < -0.39 is 45.7 Å². The molecule has 1 aliphatic rings. The first-order valence-corrected chi connectivity index (χ1v) is 12.7. The van der Waals surface area contributed by atoms with Gasteiger partial charge < -0.3 is 25.4 Å². The minimum absolute atomic E-state index is 0.152. The van der Waals surface area contributed by atoms with E-state index in [2.05, 4.69) is 10.6 Å². The van der Waals surface area contributed by atoms with Crippen molar-refractivity contribution in [2.75, 3.05) is 44.3 Å². The Kier molecular flexibility index (Phi) is 6.94. The molecule has 1 unspecified atom stereocenters. The number of carbonyl (C=O) groups is 2. The van der Waals surface area contributed by atoms with E-state index in [4.69, 9.17) is 4.74 Å². The molecular weight excluding hydrogens is 440 g/mol. The highest BCUT2D eigenvalue weighted by Crippen LogP contribution is 2.47. The van der Waals surface area contributed by atoms with Crippen molar-refractivity contribution in [2.45, 2.75) is 17.0 Å². The minimum atomic E-state index is -1.52. The topological polar surface area (TPSA) is 90.9 Å². The summed E-state index contributed by atoms with van der Waals surface area (Å²) < 4.78 is 34.4. The molecule has 174 valence electrons. The monoisotopic (exact) mass is 467 g/mol. The van der Waals surface area contributed by atoms with Crippen molar-refractivity contribution in [3.05, 3.63) is 53.6 Å². The first-order chi connectivity index (χ1) is 15.0. The molecule has 0 saturated carbocycles. The maximum atomic E-state index is 14.7. The van der Waals surface area contributed by atoms with E-state index >= 15 is 0 Å². The zero-order chi connectivity index (χ0) is 23.6. The van der Waals surface area contributed by atoms with Gasteiger partial charge in [0, 0.05) is 11.0 Å². The summed E-state index contributed by atoms with van der Waals surface area (Å²) >= 11 is 0. The number of hydrogen-bond donors (Lipinski definition) is 3. The number of nitrogens with zero attached hydrogens (tertiary/aromatic N) is 1. The molecule has 0 bridgehead atoms. The molecule has 1 heterocycles.